The SMILES string of the molecule is CN(CC(=O)N1CCc2sccc2[C@H]1c1cccs1)Cc1nc2ccccc2c(=O)[nH]1. The van der Waals surface area contributed by atoms with Crippen LogP contribution in [0, 0.1) is 0 Å². The molecule has 0 fully saturated rings. The molecular formula is C23H22N4O2S2. The molecule has 1 aliphatic heterocycles. The molecule has 4 heterocycles. The molecule has 1 aliphatic rings. The quantitative estimate of drug-likeness (QED) is 0.504. The highest BCUT2D eigenvalue weighted by atomic mass is 32.1. The smallest absolute Gasteiger partial charge is 0.258 e. The van der Waals surface area contributed by atoms with E-state index in [0.29, 0.717) is 29.8 Å². The minimum atomic E-state index is -0.154. The molecule has 0 saturated carbocycles. The number of nitrogens with zero attached hydrogens (tertiary/aromatic N) is 3. The lowest BCUT2D eigenvalue weighted by atomic mass is 9.98. The van der Waals surface area contributed by atoms with Gasteiger partial charge in [-0.2, -0.15) is 0 Å². The fourth-order valence-electron chi connectivity index (χ4n) is 4.18. The van der Waals surface area contributed by atoms with Crippen molar-refractivity contribution in [3.8, 4) is 0 Å². The lowest BCUT2D eigenvalue weighted by Gasteiger charge is -2.36. The van der Waals surface area contributed by atoms with Gasteiger partial charge in [-0.25, -0.2) is 4.98 Å². The van der Waals surface area contributed by atoms with Crippen molar-refractivity contribution in [3.63, 3.8) is 0 Å². The molecule has 1 amide bonds. The second-order valence-corrected chi connectivity index (χ2v) is 9.74. The molecule has 31 heavy (non-hydrogen) atoms. The summed E-state index contributed by atoms with van der Waals surface area (Å²) in [6.07, 6.45) is 0.893. The Kier molecular flexibility index (Phi) is 5.43. The lowest BCUT2D eigenvalue weighted by molar-refractivity contribution is -0.134. The highest BCUT2D eigenvalue weighted by Gasteiger charge is 2.33. The number of benzene rings is 1. The fourth-order valence-corrected chi connectivity index (χ4v) is 5.94. The summed E-state index contributed by atoms with van der Waals surface area (Å²) in [6.45, 7) is 1.37. The number of aromatic amines is 1. The maximum atomic E-state index is 13.3. The Bertz CT molecular complexity index is 1280. The van der Waals surface area contributed by atoms with Crippen molar-refractivity contribution in [2.45, 2.75) is 19.0 Å². The maximum absolute atomic E-state index is 13.3. The number of amides is 1. The summed E-state index contributed by atoms with van der Waals surface area (Å²) in [5, 5.41) is 4.75. The Balaban J connectivity index is 1.34. The third-order valence-electron chi connectivity index (χ3n) is 5.59. The van der Waals surface area contributed by atoms with E-state index in [4.69, 9.17) is 0 Å². The topological polar surface area (TPSA) is 69.3 Å². The molecular weight excluding hydrogens is 428 g/mol. The van der Waals surface area contributed by atoms with E-state index in [9.17, 15) is 9.59 Å². The number of carbonyl (C=O) groups excluding carboxylic acids is 1. The lowest BCUT2D eigenvalue weighted by Crippen LogP contribution is -2.44. The number of aromatic nitrogens is 2. The molecule has 0 radical (unpaired) electrons. The third kappa shape index (κ3) is 3.94. The minimum Gasteiger partial charge on any atom is -0.329 e. The van der Waals surface area contributed by atoms with Crippen LogP contribution in [0.1, 0.15) is 27.2 Å². The summed E-state index contributed by atoms with van der Waals surface area (Å²) in [5.74, 6) is 0.647. The number of hydrogen-bond acceptors (Lipinski definition) is 6. The van der Waals surface area contributed by atoms with Crippen LogP contribution in [0.2, 0.25) is 0 Å². The highest BCUT2D eigenvalue weighted by molar-refractivity contribution is 7.10. The van der Waals surface area contributed by atoms with E-state index in [0.717, 1.165) is 6.42 Å². The van der Waals surface area contributed by atoms with Gasteiger partial charge in [0.15, 0.2) is 0 Å². The average Bonchev–Trinajstić information content (AvgIpc) is 3.45. The van der Waals surface area contributed by atoms with E-state index in [1.807, 2.05) is 41.1 Å². The largest absolute Gasteiger partial charge is 0.329 e. The monoisotopic (exact) mass is 450 g/mol. The van der Waals surface area contributed by atoms with E-state index in [2.05, 4.69) is 32.9 Å². The number of hydrogen-bond donors (Lipinski definition) is 1. The Hall–Kier alpha value is -2.81. The number of carbonyl (C=O) groups is 1. The number of likely N-dealkylation sites (N-methyl/N-ethyl adjacent to an activating group) is 1. The van der Waals surface area contributed by atoms with E-state index >= 15 is 0 Å². The molecule has 0 saturated heterocycles. The van der Waals surface area contributed by atoms with Crippen molar-refractivity contribution in [1.82, 2.24) is 19.8 Å². The van der Waals surface area contributed by atoms with Gasteiger partial charge in [0.1, 0.15) is 5.82 Å². The standard InChI is InChI=1S/C23H22N4O2S2/c1-26(13-20-24-17-6-3-2-5-15(17)23(29)25-20)14-21(28)27-10-8-18-16(9-12-31-18)22(27)19-7-4-11-30-19/h2-7,9,11-12,22H,8,10,13-14H2,1H3,(H,24,25,29)/t22-/m0/s1. The molecule has 0 spiro atoms. The first-order valence-electron chi connectivity index (χ1n) is 10.2. The van der Waals surface area contributed by atoms with Gasteiger partial charge in [-0.1, -0.05) is 18.2 Å². The van der Waals surface area contributed by atoms with Gasteiger partial charge in [-0.15, -0.1) is 22.7 Å². The Morgan fingerprint density at radius 1 is 1.19 bits per heavy atom. The molecule has 4 aromatic rings. The summed E-state index contributed by atoms with van der Waals surface area (Å²) < 4.78 is 0. The average molecular weight is 451 g/mol. The normalized spacial score (nSPS) is 16.1. The summed E-state index contributed by atoms with van der Waals surface area (Å²) >= 11 is 3.46. The van der Waals surface area contributed by atoms with Crippen LogP contribution >= 0.6 is 22.7 Å². The molecule has 158 valence electrons. The van der Waals surface area contributed by atoms with Gasteiger partial charge in [0.05, 0.1) is 30.0 Å². The zero-order chi connectivity index (χ0) is 21.4. The van der Waals surface area contributed by atoms with E-state index in [1.54, 1.807) is 28.7 Å². The predicted molar refractivity (Wildman–Crippen MR) is 125 cm³/mol. The molecule has 0 aliphatic carbocycles. The molecule has 1 atom stereocenters. The number of rotatable bonds is 5. The number of fused-ring (bicyclic) bond motifs is 2. The van der Waals surface area contributed by atoms with Gasteiger partial charge < -0.3 is 9.88 Å². The predicted octanol–water partition coefficient (Wildman–Crippen LogP) is 3.65. The maximum Gasteiger partial charge on any atom is 0.258 e. The number of para-hydroxylation sites is 1. The summed E-state index contributed by atoms with van der Waals surface area (Å²) in [7, 11) is 1.88. The van der Waals surface area contributed by atoms with Crippen LogP contribution in [-0.4, -0.2) is 45.8 Å². The van der Waals surface area contributed by atoms with Crippen LogP contribution in [0.3, 0.4) is 0 Å². The van der Waals surface area contributed by atoms with Gasteiger partial charge >= 0.3 is 0 Å². The van der Waals surface area contributed by atoms with Crippen LogP contribution in [0.15, 0.2) is 58.0 Å². The third-order valence-corrected chi connectivity index (χ3v) is 7.51. The van der Waals surface area contributed by atoms with Crippen LogP contribution in [0.25, 0.3) is 10.9 Å². The molecule has 5 rings (SSSR count). The van der Waals surface area contributed by atoms with E-state index in [1.165, 1.54) is 15.3 Å². The first-order chi connectivity index (χ1) is 15.1. The number of H-pyrrole nitrogens is 1. The number of thiophene rings is 2. The summed E-state index contributed by atoms with van der Waals surface area (Å²) in [4.78, 5) is 39.5. The number of nitrogens with one attached hydrogen (secondary N) is 1. The Morgan fingerprint density at radius 2 is 2.06 bits per heavy atom. The molecule has 0 unspecified atom stereocenters. The van der Waals surface area contributed by atoms with Crippen molar-refractivity contribution in [1.29, 1.82) is 0 Å². The van der Waals surface area contributed by atoms with E-state index < -0.39 is 0 Å². The van der Waals surface area contributed by atoms with Gasteiger partial charge in [0.25, 0.3) is 5.56 Å². The van der Waals surface area contributed by atoms with Crippen LogP contribution in [0.5, 0.6) is 0 Å². The molecule has 8 heteroatoms. The van der Waals surface area contributed by atoms with Crippen molar-refractivity contribution in [3.05, 3.63) is 84.7 Å². The van der Waals surface area contributed by atoms with Crippen molar-refractivity contribution in [2.24, 2.45) is 0 Å². The summed E-state index contributed by atoms with van der Waals surface area (Å²) in [6, 6.07) is 13.6. The zero-order valence-corrected chi connectivity index (χ0v) is 18.7. The van der Waals surface area contributed by atoms with Crippen LogP contribution in [0.4, 0.5) is 0 Å². The first kappa shape index (κ1) is 20.1. The molecule has 1 N–H and O–H groups in total. The first-order valence-corrected chi connectivity index (χ1v) is 11.9. The van der Waals surface area contributed by atoms with Gasteiger partial charge in [-0.05, 0) is 54.1 Å². The Morgan fingerprint density at radius 3 is 2.90 bits per heavy atom. The minimum absolute atomic E-state index is 0.0190. The van der Waals surface area contributed by atoms with Crippen LogP contribution in [-0.2, 0) is 17.8 Å². The van der Waals surface area contributed by atoms with E-state index in [-0.39, 0.29) is 24.1 Å². The second kappa shape index (κ2) is 8.37. The van der Waals surface area contributed by atoms with Crippen molar-refractivity contribution >= 4 is 39.5 Å². The molecule has 3 aromatic heterocycles. The Labute approximate surface area is 187 Å². The van der Waals surface area contributed by atoms with Gasteiger partial charge in [-0.3, -0.25) is 14.5 Å². The summed E-state index contributed by atoms with van der Waals surface area (Å²) in [5.41, 5.74) is 1.76. The van der Waals surface area contributed by atoms with Crippen LogP contribution < -0.4 is 5.56 Å². The van der Waals surface area contributed by atoms with Crippen molar-refractivity contribution < 1.29 is 4.79 Å². The molecule has 0 bridgehead atoms. The van der Waals surface area contributed by atoms with Gasteiger partial charge in [0.2, 0.25) is 5.91 Å². The molecule has 1 aromatic carbocycles. The highest BCUT2D eigenvalue weighted by Crippen LogP contribution is 2.39. The van der Waals surface area contributed by atoms with Crippen molar-refractivity contribution in [2.75, 3.05) is 20.1 Å². The molecule has 6 nitrogen and oxygen atoms in total. The fraction of sp³-hybridized carbons (Fsp3) is 0.261. The van der Waals surface area contributed by atoms with Gasteiger partial charge in [0, 0.05) is 16.3 Å². The zero-order valence-electron chi connectivity index (χ0n) is 17.1. The second-order valence-electron chi connectivity index (χ2n) is 7.76.